The summed E-state index contributed by atoms with van der Waals surface area (Å²) >= 11 is 0. The molecule has 2 rings (SSSR count). The molecule has 14 nitrogen and oxygen atoms in total. The molecule has 48 heavy (non-hydrogen) atoms. The minimum absolute atomic E-state index is 0.0104. The van der Waals surface area contributed by atoms with Crippen LogP contribution in [0.5, 0.6) is 0 Å². The van der Waals surface area contributed by atoms with Crippen LogP contribution in [0.25, 0.3) is 0 Å². The summed E-state index contributed by atoms with van der Waals surface area (Å²) < 4.78 is 5.53. The van der Waals surface area contributed by atoms with Crippen molar-refractivity contribution in [2.75, 3.05) is 13.1 Å². The summed E-state index contributed by atoms with van der Waals surface area (Å²) in [5.41, 5.74) is 5.13. The summed E-state index contributed by atoms with van der Waals surface area (Å²) in [5, 5.41) is 11.0. The summed E-state index contributed by atoms with van der Waals surface area (Å²) in [6, 6.07) is -2.80. The number of hydrogen-bond donors (Lipinski definition) is 5. The Balaban J connectivity index is 1.82. The van der Waals surface area contributed by atoms with Crippen molar-refractivity contribution < 1.29 is 38.3 Å². The van der Waals surface area contributed by atoms with Crippen LogP contribution in [0.2, 0.25) is 0 Å². The number of ether oxygens (including phenoxy) is 1. The first kappa shape index (κ1) is 40.4. The highest BCUT2D eigenvalue weighted by atomic mass is 16.6. The van der Waals surface area contributed by atoms with Crippen molar-refractivity contribution in [3.05, 3.63) is 12.2 Å². The van der Waals surface area contributed by atoms with Gasteiger partial charge in [-0.05, 0) is 85.0 Å². The third-order valence-electron chi connectivity index (χ3n) is 8.27. The zero-order valence-corrected chi connectivity index (χ0v) is 29.4. The maximum Gasteiger partial charge on any atom is 0.329 e. The lowest BCUT2D eigenvalue weighted by atomic mass is 10.0. The van der Waals surface area contributed by atoms with E-state index in [4.69, 9.17) is 10.5 Å². The number of hydrogen-bond acceptors (Lipinski definition) is 9. The van der Waals surface area contributed by atoms with Crippen molar-refractivity contribution in [3.8, 4) is 0 Å². The van der Waals surface area contributed by atoms with E-state index in [0.717, 1.165) is 17.7 Å². The largest absolute Gasteiger partial charge is 0.458 e. The van der Waals surface area contributed by atoms with E-state index in [-0.39, 0.29) is 60.9 Å². The van der Waals surface area contributed by atoms with Gasteiger partial charge in [0, 0.05) is 43.6 Å². The first-order valence-corrected chi connectivity index (χ1v) is 17.2. The van der Waals surface area contributed by atoms with Crippen LogP contribution in [0.15, 0.2) is 12.2 Å². The number of unbranched alkanes of at least 4 members (excludes halogenated alkanes) is 3. The van der Waals surface area contributed by atoms with Gasteiger partial charge in [0.25, 0.3) is 11.8 Å². The SMILES string of the molecule is CC(C)[C@H](NC(=O)CCCCCN1C(=O)C=CC1=O)C(=O)N[C@@H](C)C(=O)N[C@@H](CCCCNC(=O)C1CC[C@H](N)C1)C(=O)OC(C)(C)C. The molecule has 6 amide bonds. The molecule has 270 valence electrons. The summed E-state index contributed by atoms with van der Waals surface area (Å²) in [7, 11) is 0. The van der Waals surface area contributed by atoms with E-state index >= 15 is 0 Å². The Kier molecular flexibility index (Phi) is 16.2. The summed E-state index contributed by atoms with van der Waals surface area (Å²) in [4.78, 5) is 88.6. The average Bonchev–Trinajstić information content (AvgIpc) is 3.57. The molecule has 5 atom stereocenters. The minimum Gasteiger partial charge on any atom is -0.458 e. The predicted octanol–water partition coefficient (Wildman–Crippen LogP) is 1.36. The zero-order chi connectivity index (χ0) is 36.0. The Bertz CT molecular complexity index is 1180. The molecule has 0 saturated heterocycles. The van der Waals surface area contributed by atoms with Gasteiger partial charge in [-0.15, -0.1) is 0 Å². The topological polar surface area (TPSA) is 206 Å². The number of amides is 6. The van der Waals surface area contributed by atoms with E-state index in [2.05, 4.69) is 21.3 Å². The molecule has 0 aromatic carbocycles. The second-order valence-corrected chi connectivity index (χ2v) is 14.1. The standard InChI is InChI=1S/C34H56N6O8/c1-21(2)29(39-26(41)13-8-7-11-19-40-27(42)16-17-28(40)43)32(46)37-22(3)30(44)38-25(33(47)48-34(4,5)6)12-9-10-18-36-31(45)23-14-15-24(35)20-23/h16-17,21-25,29H,7-15,18-20,35H2,1-6H3,(H,36,45)(H,37,46)(H,38,44)(H,39,41)/t22-,23?,24-,25-,29-/m0/s1. The third kappa shape index (κ3) is 14.1. The molecule has 1 aliphatic heterocycles. The van der Waals surface area contributed by atoms with E-state index in [0.29, 0.717) is 45.1 Å². The molecule has 14 heteroatoms. The molecule has 1 saturated carbocycles. The number of nitrogens with two attached hydrogens (primary N) is 1. The highest BCUT2D eigenvalue weighted by molar-refractivity contribution is 6.12. The van der Waals surface area contributed by atoms with Crippen molar-refractivity contribution in [3.63, 3.8) is 0 Å². The first-order valence-electron chi connectivity index (χ1n) is 17.2. The van der Waals surface area contributed by atoms with Crippen LogP contribution in [0.3, 0.4) is 0 Å². The van der Waals surface area contributed by atoms with Gasteiger partial charge in [0.05, 0.1) is 0 Å². The zero-order valence-electron chi connectivity index (χ0n) is 29.4. The van der Waals surface area contributed by atoms with Crippen LogP contribution in [-0.4, -0.2) is 89.2 Å². The first-order chi connectivity index (χ1) is 22.5. The van der Waals surface area contributed by atoms with Gasteiger partial charge >= 0.3 is 5.97 Å². The quantitative estimate of drug-likeness (QED) is 0.0760. The van der Waals surface area contributed by atoms with Gasteiger partial charge in [-0.1, -0.05) is 20.3 Å². The van der Waals surface area contributed by atoms with Gasteiger partial charge in [-0.2, -0.15) is 0 Å². The highest BCUT2D eigenvalue weighted by Gasteiger charge is 2.31. The monoisotopic (exact) mass is 676 g/mol. The molecule has 0 aromatic heterocycles. The number of esters is 1. The van der Waals surface area contributed by atoms with Crippen LogP contribution in [0.4, 0.5) is 0 Å². The van der Waals surface area contributed by atoms with Crippen LogP contribution in [0.1, 0.15) is 106 Å². The molecule has 2 aliphatic rings. The Hall–Kier alpha value is -3.81. The van der Waals surface area contributed by atoms with Gasteiger partial charge < -0.3 is 31.7 Å². The van der Waals surface area contributed by atoms with Gasteiger partial charge in [0.15, 0.2) is 0 Å². The van der Waals surface area contributed by atoms with E-state index in [9.17, 15) is 33.6 Å². The number of rotatable bonds is 19. The fourth-order valence-corrected chi connectivity index (χ4v) is 5.54. The fraction of sp³-hybridized carbons (Fsp3) is 0.735. The van der Waals surface area contributed by atoms with Crippen molar-refractivity contribution in [1.82, 2.24) is 26.2 Å². The van der Waals surface area contributed by atoms with Gasteiger partial charge in [0.1, 0.15) is 23.7 Å². The molecular formula is C34H56N6O8. The third-order valence-corrected chi connectivity index (χ3v) is 8.27. The number of imide groups is 1. The van der Waals surface area contributed by atoms with Crippen LogP contribution in [-0.2, 0) is 38.3 Å². The maximum atomic E-state index is 13.1. The van der Waals surface area contributed by atoms with Crippen LogP contribution in [0, 0.1) is 11.8 Å². The molecule has 0 spiro atoms. The lowest BCUT2D eigenvalue weighted by molar-refractivity contribution is -0.159. The van der Waals surface area contributed by atoms with E-state index in [1.54, 1.807) is 34.6 Å². The Labute approximate surface area is 284 Å². The number of nitrogens with zero attached hydrogens (tertiary/aromatic N) is 1. The lowest BCUT2D eigenvalue weighted by Gasteiger charge is -2.27. The molecular weight excluding hydrogens is 620 g/mol. The van der Waals surface area contributed by atoms with Crippen molar-refractivity contribution in [2.24, 2.45) is 17.6 Å². The number of carbonyl (C=O) groups excluding carboxylic acids is 7. The van der Waals surface area contributed by atoms with Gasteiger partial charge in [-0.25, -0.2) is 4.79 Å². The second-order valence-electron chi connectivity index (χ2n) is 14.1. The normalized spacial score (nSPS) is 19.5. The molecule has 0 radical (unpaired) electrons. The van der Waals surface area contributed by atoms with Crippen molar-refractivity contribution >= 4 is 41.4 Å². The van der Waals surface area contributed by atoms with Crippen LogP contribution < -0.4 is 27.0 Å². The Morgan fingerprint density at radius 2 is 1.56 bits per heavy atom. The summed E-state index contributed by atoms with van der Waals surface area (Å²) in [5.74, 6) is -3.07. The summed E-state index contributed by atoms with van der Waals surface area (Å²) in [6.07, 6.45) is 8.02. The van der Waals surface area contributed by atoms with Crippen molar-refractivity contribution in [1.29, 1.82) is 0 Å². The average molecular weight is 677 g/mol. The Morgan fingerprint density at radius 1 is 0.896 bits per heavy atom. The minimum atomic E-state index is -1.01. The fourth-order valence-electron chi connectivity index (χ4n) is 5.54. The molecule has 6 N–H and O–H groups in total. The predicted molar refractivity (Wildman–Crippen MR) is 179 cm³/mol. The van der Waals surface area contributed by atoms with Gasteiger partial charge in [-0.3, -0.25) is 33.7 Å². The van der Waals surface area contributed by atoms with Crippen LogP contribution >= 0.6 is 0 Å². The summed E-state index contributed by atoms with van der Waals surface area (Å²) in [6.45, 7) is 11.0. The number of nitrogens with one attached hydrogen (secondary N) is 4. The molecule has 1 heterocycles. The molecule has 1 fully saturated rings. The molecule has 1 aliphatic carbocycles. The maximum absolute atomic E-state index is 13.1. The molecule has 1 unspecified atom stereocenters. The van der Waals surface area contributed by atoms with E-state index < -0.39 is 41.5 Å². The highest BCUT2D eigenvalue weighted by Crippen LogP contribution is 2.24. The second kappa shape index (κ2) is 19.3. The van der Waals surface area contributed by atoms with E-state index in [1.165, 1.54) is 19.1 Å². The smallest absolute Gasteiger partial charge is 0.329 e. The Morgan fingerprint density at radius 3 is 2.15 bits per heavy atom. The number of carbonyl (C=O) groups is 7. The molecule has 0 aromatic rings. The van der Waals surface area contributed by atoms with Gasteiger partial charge in [0.2, 0.25) is 23.6 Å². The van der Waals surface area contributed by atoms with E-state index in [1.807, 2.05) is 0 Å². The lowest BCUT2D eigenvalue weighted by Crippen LogP contribution is -2.56. The van der Waals surface area contributed by atoms with Crippen molar-refractivity contribution in [2.45, 2.75) is 136 Å². The molecule has 0 bridgehead atoms.